The van der Waals surface area contributed by atoms with Crippen LogP contribution in [-0.2, 0) is 9.84 Å². The van der Waals surface area contributed by atoms with Gasteiger partial charge < -0.3 is 5.32 Å². The molecule has 5 heteroatoms. The molecule has 0 fully saturated rings. The second-order valence-electron chi connectivity index (χ2n) is 3.90. The highest BCUT2D eigenvalue weighted by atomic mass is 32.2. The van der Waals surface area contributed by atoms with Crippen molar-refractivity contribution in [3.63, 3.8) is 0 Å². The van der Waals surface area contributed by atoms with Gasteiger partial charge in [-0.3, -0.25) is 4.98 Å². The summed E-state index contributed by atoms with van der Waals surface area (Å²) in [4.78, 5) is 4.05. The fourth-order valence-electron chi connectivity index (χ4n) is 1.61. The largest absolute Gasteiger partial charge is 0.313 e. The fraction of sp³-hybridized carbons (Fsp3) is 0.545. The Bertz CT molecular complexity index is 403. The summed E-state index contributed by atoms with van der Waals surface area (Å²) in [7, 11) is -0.980. The third-order valence-corrected chi connectivity index (χ3v) is 3.47. The molecule has 0 aliphatic heterocycles. The van der Waals surface area contributed by atoms with Gasteiger partial charge in [0.05, 0.1) is 0 Å². The van der Waals surface area contributed by atoms with E-state index in [0.29, 0.717) is 6.42 Å². The van der Waals surface area contributed by atoms with Gasteiger partial charge in [0, 0.05) is 30.4 Å². The molecule has 1 heterocycles. The topological polar surface area (TPSA) is 59.1 Å². The van der Waals surface area contributed by atoms with Gasteiger partial charge in [0.1, 0.15) is 9.84 Å². The summed E-state index contributed by atoms with van der Waals surface area (Å²) in [5, 5.41) is 3.17. The molecule has 16 heavy (non-hydrogen) atoms. The summed E-state index contributed by atoms with van der Waals surface area (Å²) in [5.41, 5.74) is 1.10. The van der Waals surface area contributed by atoms with Crippen LogP contribution in [0.4, 0.5) is 0 Å². The first-order chi connectivity index (χ1) is 7.53. The SMILES string of the molecule is CNC(CCCS(C)(=O)=O)c1cccnc1. The number of hydrogen-bond donors (Lipinski definition) is 1. The first kappa shape index (κ1) is 13.1. The van der Waals surface area contributed by atoms with Crippen LogP contribution in [0.5, 0.6) is 0 Å². The molecule has 1 rings (SSSR count). The second-order valence-corrected chi connectivity index (χ2v) is 6.16. The number of pyridine rings is 1. The number of nitrogens with one attached hydrogen (secondary N) is 1. The van der Waals surface area contributed by atoms with E-state index in [1.54, 1.807) is 6.20 Å². The van der Waals surface area contributed by atoms with Crippen molar-refractivity contribution in [1.29, 1.82) is 0 Å². The van der Waals surface area contributed by atoms with Crippen LogP contribution in [0, 0.1) is 0 Å². The molecule has 0 aliphatic carbocycles. The first-order valence-corrected chi connectivity index (χ1v) is 7.34. The minimum absolute atomic E-state index is 0.176. The van der Waals surface area contributed by atoms with Crippen LogP contribution in [-0.4, -0.2) is 32.5 Å². The number of hydrogen-bond acceptors (Lipinski definition) is 4. The Balaban J connectivity index is 2.51. The van der Waals surface area contributed by atoms with Crippen LogP contribution in [0.1, 0.15) is 24.4 Å². The molecule has 0 saturated carbocycles. The molecule has 0 radical (unpaired) electrons. The number of rotatable bonds is 6. The molecule has 1 aromatic heterocycles. The molecule has 0 spiro atoms. The summed E-state index contributed by atoms with van der Waals surface area (Å²) in [6.45, 7) is 0. The van der Waals surface area contributed by atoms with Crippen LogP contribution < -0.4 is 5.32 Å². The highest BCUT2D eigenvalue weighted by Crippen LogP contribution is 2.16. The van der Waals surface area contributed by atoms with Gasteiger partial charge in [0.25, 0.3) is 0 Å². The molecule has 1 aromatic rings. The lowest BCUT2D eigenvalue weighted by Crippen LogP contribution is -2.17. The number of nitrogens with zero attached hydrogens (tertiary/aromatic N) is 1. The van der Waals surface area contributed by atoms with E-state index in [1.165, 1.54) is 6.26 Å². The highest BCUT2D eigenvalue weighted by molar-refractivity contribution is 7.90. The zero-order valence-corrected chi connectivity index (χ0v) is 10.5. The molecular formula is C11H18N2O2S. The van der Waals surface area contributed by atoms with E-state index >= 15 is 0 Å². The third-order valence-electron chi connectivity index (χ3n) is 2.44. The summed E-state index contributed by atoms with van der Waals surface area (Å²) >= 11 is 0. The Kier molecular flexibility index (Phi) is 4.89. The van der Waals surface area contributed by atoms with Gasteiger partial charge in [-0.1, -0.05) is 6.07 Å². The normalized spacial score (nSPS) is 13.6. The van der Waals surface area contributed by atoms with Gasteiger partial charge >= 0.3 is 0 Å². The standard InChI is InChI=1S/C11H18N2O2S/c1-12-11(6-4-8-16(2,14)15)10-5-3-7-13-9-10/h3,5,7,9,11-12H,4,6,8H2,1-2H3. The number of aromatic nitrogens is 1. The monoisotopic (exact) mass is 242 g/mol. The molecule has 1 atom stereocenters. The van der Waals surface area contributed by atoms with Gasteiger partial charge in [0.15, 0.2) is 0 Å². The minimum atomic E-state index is -2.85. The minimum Gasteiger partial charge on any atom is -0.313 e. The van der Waals surface area contributed by atoms with E-state index in [0.717, 1.165) is 12.0 Å². The summed E-state index contributed by atoms with van der Waals surface area (Å²) < 4.78 is 22.0. The van der Waals surface area contributed by atoms with Crippen molar-refractivity contribution in [2.75, 3.05) is 19.1 Å². The quantitative estimate of drug-likeness (QED) is 0.813. The van der Waals surface area contributed by atoms with Gasteiger partial charge in [-0.05, 0) is 31.5 Å². The molecule has 90 valence electrons. The van der Waals surface area contributed by atoms with Crippen molar-refractivity contribution in [1.82, 2.24) is 10.3 Å². The van der Waals surface area contributed by atoms with Crippen molar-refractivity contribution in [2.24, 2.45) is 0 Å². The van der Waals surface area contributed by atoms with Crippen LogP contribution in [0.2, 0.25) is 0 Å². The number of sulfone groups is 1. The Morgan fingerprint density at radius 2 is 2.25 bits per heavy atom. The van der Waals surface area contributed by atoms with Crippen molar-refractivity contribution in [2.45, 2.75) is 18.9 Å². The maximum absolute atomic E-state index is 11.0. The third kappa shape index (κ3) is 4.72. The van der Waals surface area contributed by atoms with Crippen molar-refractivity contribution >= 4 is 9.84 Å². The van der Waals surface area contributed by atoms with Crippen LogP contribution in [0.15, 0.2) is 24.5 Å². The first-order valence-electron chi connectivity index (χ1n) is 5.28. The van der Waals surface area contributed by atoms with E-state index in [-0.39, 0.29) is 11.8 Å². The van der Waals surface area contributed by atoms with Crippen LogP contribution in [0.25, 0.3) is 0 Å². The van der Waals surface area contributed by atoms with E-state index in [2.05, 4.69) is 10.3 Å². The van der Waals surface area contributed by atoms with Gasteiger partial charge in [0.2, 0.25) is 0 Å². The molecule has 0 bridgehead atoms. The van der Waals surface area contributed by atoms with Gasteiger partial charge in [-0.2, -0.15) is 0 Å². The summed E-state index contributed by atoms with van der Waals surface area (Å²) in [5.74, 6) is 0.242. The van der Waals surface area contributed by atoms with Gasteiger partial charge in [-0.15, -0.1) is 0 Å². The molecule has 1 unspecified atom stereocenters. The van der Waals surface area contributed by atoms with Crippen molar-refractivity contribution in [3.8, 4) is 0 Å². The van der Waals surface area contributed by atoms with Crippen molar-refractivity contribution in [3.05, 3.63) is 30.1 Å². The van der Waals surface area contributed by atoms with E-state index < -0.39 is 9.84 Å². The Hall–Kier alpha value is -0.940. The molecule has 4 nitrogen and oxygen atoms in total. The van der Waals surface area contributed by atoms with Crippen LogP contribution in [0.3, 0.4) is 0 Å². The maximum Gasteiger partial charge on any atom is 0.147 e. The van der Waals surface area contributed by atoms with Crippen molar-refractivity contribution < 1.29 is 8.42 Å². The predicted molar refractivity (Wildman–Crippen MR) is 65.0 cm³/mol. The molecule has 0 amide bonds. The smallest absolute Gasteiger partial charge is 0.147 e. The second kappa shape index (κ2) is 5.96. The average Bonchev–Trinajstić information content (AvgIpc) is 2.24. The Morgan fingerprint density at radius 3 is 2.75 bits per heavy atom. The van der Waals surface area contributed by atoms with Crippen LogP contribution >= 0.6 is 0 Å². The Labute approximate surface area is 97.0 Å². The summed E-state index contributed by atoms with van der Waals surface area (Å²) in [6, 6.07) is 4.06. The molecule has 0 aromatic carbocycles. The molecule has 0 saturated heterocycles. The van der Waals surface area contributed by atoms with E-state index in [9.17, 15) is 8.42 Å². The highest BCUT2D eigenvalue weighted by Gasteiger charge is 2.10. The van der Waals surface area contributed by atoms with E-state index in [4.69, 9.17) is 0 Å². The fourth-order valence-corrected chi connectivity index (χ4v) is 2.30. The maximum atomic E-state index is 11.0. The lowest BCUT2D eigenvalue weighted by atomic mass is 10.1. The molecule has 0 aliphatic rings. The average molecular weight is 242 g/mol. The lowest BCUT2D eigenvalue weighted by Gasteiger charge is -2.15. The summed E-state index contributed by atoms with van der Waals surface area (Å²) in [6.07, 6.45) is 6.27. The predicted octanol–water partition coefficient (Wildman–Crippen LogP) is 1.17. The Morgan fingerprint density at radius 1 is 1.50 bits per heavy atom. The van der Waals surface area contributed by atoms with Gasteiger partial charge in [-0.25, -0.2) is 8.42 Å². The lowest BCUT2D eigenvalue weighted by molar-refractivity contribution is 0.535. The zero-order chi connectivity index (χ0) is 12.0. The zero-order valence-electron chi connectivity index (χ0n) is 9.68. The molecular weight excluding hydrogens is 224 g/mol. The molecule has 1 N–H and O–H groups in total. The van der Waals surface area contributed by atoms with E-state index in [1.807, 2.05) is 25.4 Å².